The van der Waals surface area contributed by atoms with E-state index >= 15 is 0 Å². The molecular formula is C15H21NO2S. The van der Waals surface area contributed by atoms with Crippen LogP contribution in [-0.2, 0) is 6.54 Å². The van der Waals surface area contributed by atoms with Gasteiger partial charge < -0.3 is 5.11 Å². The molecular weight excluding hydrogens is 258 g/mol. The van der Waals surface area contributed by atoms with E-state index in [0.717, 1.165) is 25.2 Å². The molecule has 1 aromatic heterocycles. The quantitative estimate of drug-likeness (QED) is 0.919. The van der Waals surface area contributed by atoms with E-state index in [0.29, 0.717) is 10.3 Å². The second kappa shape index (κ2) is 5.25. The average molecular weight is 279 g/mol. The van der Waals surface area contributed by atoms with E-state index in [-0.39, 0.29) is 0 Å². The Balaban J connectivity index is 1.60. The summed E-state index contributed by atoms with van der Waals surface area (Å²) in [4.78, 5) is 14.1. The molecule has 1 aliphatic carbocycles. The summed E-state index contributed by atoms with van der Waals surface area (Å²) in [6.45, 7) is 3.07. The Hall–Kier alpha value is -0.870. The lowest BCUT2D eigenvalue weighted by molar-refractivity contribution is 0.0696. The lowest BCUT2D eigenvalue weighted by atomic mass is 9.77. The van der Waals surface area contributed by atoms with Gasteiger partial charge in [-0.1, -0.05) is 12.8 Å². The van der Waals surface area contributed by atoms with E-state index < -0.39 is 5.97 Å². The van der Waals surface area contributed by atoms with Crippen molar-refractivity contribution in [2.75, 3.05) is 13.1 Å². The smallest absolute Gasteiger partial charge is 0.346 e. The third-order valence-corrected chi connectivity index (χ3v) is 5.86. The van der Waals surface area contributed by atoms with Crippen molar-refractivity contribution in [3.05, 3.63) is 21.9 Å². The lowest BCUT2D eigenvalue weighted by Gasteiger charge is -2.39. The number of carboxylic acids is 1. The minimum atomic E-state index is -0.783. The molecule has 0 bridgehead atoms. The van der Waals surface area contributed by atoms with Crippen LogP contribution in [0.1, 0.15) is 53.8 Å². The molecule has 0 aromatic carbocycles. The number of aromatic carboxylic acids is 1. The molecule has 2 fully saturated rings. The zero-order valence-electron chi connectivity index (χ0n) is 11.2. The van der Waals surface area contributed by atoms with Crippen molar-refractivity contribution in [3.8, 4) is 0 Å². The number of carboxylic acid groups (broad SMARTS) is 1. The maximum absolute atomic E-state index is 11.1. The molecule has 1 saturated carbocycles. The zero-order chi connectivity index (χ0) is 13.3. The Bertz CT molecular complexity index is 452. The zero-order valence-corrected chi connectivity index (χ0v) is 12.0. The number of hydrogen-bond acceptors (Lipinski definition) is 3. The van der Waals surface area contributed by atoms with E-state index in [1.54, 1.807) is 0 Å². The van der Waals surface area contributed by atoms with Gasteiger partial charge in [0.25, 0.3) is 0 Å². The summed E-state index contributed by atoms with van der Waals surface area (Å²) in [6, 6.07) is 1.97. The fourth-order valence-electron chi connectivity index (χ4n) is 3.70. The van der Waals surface area contributed by atoms with Gasteiger partial charge in [0.05, 0.1) is 0 Å². The number of piperidine rings is 1. The molecule has 4 heteroatoms. The number of thiophene rings is 1. The van der Waals surface area contributed by atoms with Crippen LogP contribution >= 0.6 is 11.3 Å². The van der Waals surface area contributed by atoms with Crippen molar-refractivity contribution in [1.29, 1.82) is 0 Å². The normalized spacial score (nSPS) is 22.9. The summed E-state index contributed by atoms with van der Waals surface area (Å²) >= 11 is 1.34. The van der Waals surface area contributed by atoms with Gasteiger partial charge in [-0.3, -0.25) is 4.90 Å². The van der Waals surface area contributed by atoms with Gasteiger partial charge in [-0.2, -0.15) is 0 Å². The third-order valence-electron chi connectivity index (χ3n) is 4.92. The first kappa shape index (κ1) is 13.1. The molecule has 1 spiro atoms. The second-order valence-corrected chi connectivity index (χ2v) is 6.98. The van der Waals surface area contributed by atoms with Gasteiger partial charge in [0.1, 0.15) is 4.88 Å². The van der Waals surface area contributed by atoms with Gasteiger partial charge in [-0.25, -0.2) is 4.79 Å². The molecule has 0 atom stereocenters. The van der Waals surface area contributed by atoms with Crippen molar-refractivity contribution in [2.24, 2.45) is 5.41 Å². The molecule has 104 valence electrons. The average Bonchev–Trinajstić information content (AvgIpc) is 3.02. The predicted octanol–water partition coefficient (Wildman–Crippen LogP) is 3.60. The number of carbonyl (C=O) groups is 1. The van der Waals surface area contributed by atoms with Crippen LogP contribution in [-0.4, -0.2) is 29.1 Å². The van der Waals surface area contributed by atoms with Crippen molar-refractivity contribution >= 4 is 17.3 Å². The Morgan fingerprint density at radius 2 is 1.95 bits per heavy atom. The van der Waals surface area contributed by atoms with Gasteiger partial charge in [0.2, 0.25) is 0 Å². The van der Waals surface area contributed by atoms with Gasteiger partial charge in [-0.05, 0) is 61.2 Å². The minimum Gasteiger partial charge on any atom is -0.477 e. The van der Waals surface area contributed by atoms with Crippen molar-refractivity contribution in [2.45, 2.75) is 45.1 Å². The van der Waals surface area contributed by atoms with Crippen molar-refractivity contribution < 1.29 is 9.90 Å². The highest BCUT2D eigenvalue weighted by atomic mass is 32.1. The summed E-state index contributed by atoms with van der Waals surface area (Å²) in [6.07, 6.45) is 8.26. The maximum atomic E-state index is 11.1. The first-order valence-electron chi connectivity index (χ1n) is 7.21. The topological polar surface area (TPSA) is 40.5 Å². The fraction of sp³-hybridized carbons (Fsp3) is 0.667. The number of nitrogens with zero attached hydrogens (tertiary/aromatic N) is 1. The molecule has 0 unspecified atom stereocenters. The molecule has 0 amide bonds. The van der Waals surface area contributed by atoms with E-state index in [2.05, 4.69) is 4.90 Å². The van der Waals surface area contributed by atoms with Crippen LogP contribution in [0, 0.1) is 5.41 Å². The van der Waals surface area contributed by atoms with E-state index in [9.17, 15) is 4.79 Å². The lowest BCUT2D eigenvalue weighted by Crippen LogP contribution is -2.38. The number of rotatable bonds is 3. The van der Waals surface area contributed by atoms with E-state index in [1.807, 2.05) is 11.4 Å². The Morgan fingerprint density at radius 1 is 1.26 bits per heavy atom. The van der Waals surface area contributed by atoms with Gasteiger partial charge in [0, 0.05) is 6.54 Å². The van der Waals surface area contributed by atoms with Crippen LogP contribution in [0.5, 0.6) is 0 Å². The molecule has 2 heterocycles. The van der Waals surface area contributed by atoms with Gasteiger partial charge in [0.15, 0.2) is 0 Å². The number of likely N-dealkylation sites (tertiary alicyclic amines) is 1. The SMILES string of the molecule is O=C(O)c1sccc1CN1CCC2(CCCC2)CC1. The molecule has 19 heavy (non-hydrogen) atoms. The summed E-state index contributed by atoms with van der Waals surface area (Å²) in [7, 11) is 0. The molecule has 3 nitrogen and oxygen atoms in total. The van der Waals surface area contributed by atoms with Crippen molar-refractivity contribution in [3.63, 3.8) is 0 Å². The van der Waals surface area contributed by atoms with Gasteiger partial charge >= 0.3 is 5.97 Å². The van der Waals surface area contributed by atoms with Crippen LogP contribution in [0.25, 0.3) is 0 Å². The molecule has 1 aromatic rings. The number of hydrogen-bond donors (Lipinski definition) is 1. The van der Waals surface area contributed by atoms with Crippen LogP contribution in [0.15, 0.2) is 11.4 Å². The molecule has 1 saturated heterocycles. The first-order chi connectivity index (χ1) is 9.19. The van der Waals surface area contributed by atoms with Crippen LogP contribution < -0.4 is 0 Å². The molecule has 2 aliphatic rings. The summed E-state index contributed by atoms with van der Waals surface area (Å²) in [5, 5.41) is 11.0. The van der Waals surface area contributed by atoms with E-state index in [4.69, 9.17) is 5.11 Å². The van der Waals surface area contributed by atoms with Crippen LogP contribution in [0.3, 0.4) is 0 Å². The first-order valence-corrected chi connectivity index (χ1v) is 8.09. The molecule has 3 rings (SSSR count). The second-order valence-electron chi connectivity index (χ2n) is 6.06. The largest absolute Gasteiger partial charge is 0.477 e. The highest BCUT2D eigenvalue weighted by molar-refractivity contribution is 7.12. The Morgan fingerprint density at radius 3 is 2.58 bits per heavy atom. The molecule has 1 N–H and O–H groups in total. The molecule has 0 radical (unpaired) electrons. The van der Waals surface area contributed by atoms with Crippen molar-refractivity contribution in [1.82, 2.24) is 4.90 Å². The fourth-order valence-corrected chi connectivity index (χ4v) is 4.45. The summed E-state index contributed by atoms with van der Waals surface area (Å²) in [5.74, 6) is -0.783. The molecule has 1 aliphatic heterocycles. The summed E-state index contributed by atoms with van der Waals surface area (Å²) in [5.41, 5.74) is 1.63. The van der Waals surface area contributed by atoms with E-state index in [1.165, 1.54) is 49.9 Å². The van der Waals surface area contributed by atoms with Crippen LogP contribution in [0.2, 0.25) is 0 Å². The predicted molar refractivity (Wildman–Crippen MR) is 76.7 cm³/mol. The van der Waals surface area contributed by atoms with Crippen LogP contribution in [0.4, 0.5) is 0 Å². The minimum absolute atomic E-state index is 0.515. The maximum Gasteiger partial charge on any atom is 0.346 e. The Kier molecular flexibility index (Phi) is 3.63. The monoisotopic (exact) mass is 279 g/mol. The third kappa shape index (κ3) is 2.70. The summed E-state index contributed by atoms with van der Waals surface area (Å²) < 4.78 is 0. The highest BCUT2D eigenvalue weighted by Gasteiger charge is 2.36. The Labute approximate surface area is 118 Å². The highest BCUT2D eigenvalue weighted by Crippen LogP contribution is 2.46. The standard InChI is InChI=1S/C15H21NO2S/c17-14(18)13-12(3-10-19-13)11-16-8-6-15(7-9-16)4-1-2-5-15/h3,10H,1-2,4-9,11H2,(H,17,18). The van der Waals surface area contributed by atoms with Gasteiger partial charge in [-0.15, -0.1) is 11.3 Å².